The van der Waals surface area contributed by atoms with Crippen LogP contribution in [0.25, 0.3) is 0 Å². The molecule has 3 N–H and O–H groups in total. The summed E-state index contributed by atoms with van der Waals surface area (Å²) in [4.78, 5) is 36.6. The van der Waals surface area contributed by atoms with Crippen molar-refractivity contribution >= 4 is 39.3 Å². The van der Waals surface area contributed by atoms with Gasteiger partial charge in [-0.25, -0.2) is 0 Å². The Morgan fingerprint density at radius 2 is 1.46 bits per heavy atom. The van der Waals surface area contributed by atoms with E-state index in [1.165, 1.54) is 6.42 Å². The number of hydrazine groups is 1. The van der Waals surface area contributed by atoms with Gasteiger partial charge in [-0.2, -0.15) is 0 Å². The largest absolute Gasteiger partial charge is 0.326 e. The number of rotatable bonds is 4. The maximum Gasteiger partial charge on any atom is 0.270 e. The van der Waals surface area contributed by atoms with Crippen LogP contribution in [0, 0.1) is 5.92 Å². The number of benzene rings is 2. The predicted octanol–water partition coefficient (Wildman–Crippen LogP) is 4.04. The van der Waals surface area contributed by atoms with Gasteiger partial charge in [0, 0.05) is 21.6 Å². The van der Waals surface area contributed by atoms with Gasteiger partial charge in [-0.1, -0.05) is 31.4 Å². The molecule has 3 amide bonds. The monoisotopic (exact) mass is 443 g/mol. The van der Waals surface area contributed by atoms with Gasteiger partial charge < -0.3 is 5.32 Å². The molecule has 7 heteroatoms. The van der Waals surface area contributed by atoms with Crippen molar-refractivity contribution in [1.29, 1.82) is 0 Å². The fraction of sp³-hybridized carbons (Fsp3) is 0.286. The molecule has 3 rings (SSSR count). The minimum absolute atomic E-state index is 0.0394. The average Bonchev–Trinajstić information content (AvgIpc) is 2.73. The van der Waals surface area contributed by atoms with E-state index in [1.54, 1.807) is 48.5 Å². The Morgan fingerprint density at radius 1 is 0.821 bits per heavy atom. The van der Waals surface area contributed by atoms with Crippen LogP contribution in [0.4, 0.5) is 5.69 Å². The zero-order valence-corrected chi connectivity index (χ0v) is 16.9. The minimum atomic E-state index is -0.439. The SMILES string of the molecule is O=C(NNC(=O)c1ccccc1Br)c1ccc(NC(=O)C2CCCCC2)cc1. The van der Waals surface area contributed by atoms with Crippen molar-refractivity contribution in [2.24, 2.45) is 5.92 Å². The van der Waals surface area contributed by atoms with Gasteiger partial charge >= 0.3 is 0 Å². The fourth-order valence-corrected chi connectivity index (χ4v) is 3.68. The van der Waals surface area contributed by atoms with Gasteiger partial charge in [0.25, 0.3) is 11.8 Å². The van der Waals surface area contributed by atoms with E-state index in [9.17, 15) is 14.4 Å². The van der Waals surface area contributed by atoms with E-state index in [0.717, 1.165) is 25.7 Å². The Morgan fingerprint density at radius 3 is 2.14 bits per heavy atom. The summed E-state index contributed by atoms with van der Waals surface area (Å²) in [5.74, 6) is -0.746. The Bertz CT molecular complexity index is 861. The van der Waals surface area contributed by atoms with Crippen LogP contribution in [0.15, 0.2) is 53.0 Å². The van der Waals surface area contributed by atoms with Crippen LogP contribution in [0.5, 0.6) is 0 Å². The summed E-state index contributed by atoms with van der Waals surface area (Å²) < 4.78 is 0.639. The van der Waals surface area contributed by atoms with Gasteiger partial charge in [-0.3, -0.25) is 25.2 Å². The highest BCUT2D eigenvalue weighted by Crippen LogP contribution is 2.25. The first kappa shape index (κ1) is 20.1. The van der Waals surface area contributed by atoms with Crippen LogP contribution in [0.1, 0.15) is 52.8 Å². The molecule has 0 spiro atoms. The summed E-state index contributed by atoms with van der Waals surface area (Å²) in [6.45, 7) is 0. The maximum absolute atomic E-state index is 12.3. The van der Waals surface area contributed by atoms with E-state index in [0.29, 0.717) is 21.3 Å². The number of hydrogen-bond acceptors (Lipinski definition) is 3. The quantitative estimate of drug-likeness (QED) is 0.622. The topological polar surface area (TPSA) is 87.3 Å². The molecule has 0 heterocycles. The molecule has 146 valence electrons. The van der Waals surface area contributed by atoms with E-state index in [1.807, 2.05) is 0 Å². The van der Waals surface area contributed by atoms with Crippen molar-refractivity contribution in [3.8, 4) is 0 Å². The van der Waals surface area contributed by atoms with Crippen molar-refractivity contribution in [1.82, 2.24) is 10.9 Å². The number of nitrogens with one attached hydrogen (secondary N) is 3. The number of halogens is 1. The molecule has 0 atom stereocenters. The average molecular weight is 444 g/mol. The van der Waals surface area contributed by atoms with Gasteiger partial charge in [0.2, 0.25) is 5.91 Å². The van der Waals surface area contributed by atoms with E-state index in [2.05, 4.69) is 32.1 Å². The van der Waals surface area contributed by atoms with Gasteiger partial charge in [-0.15, -0.1) is 0 Å². The highest BCUT2D eigenvalue weighted by Gasteiger charge is 2.21. The molecule has 1 aliphatic rings. The Balaban J connectivity index is 1.52. The van der Waals surface area contributed by atoms with E-state index >= 15 is 0 Å². The molecule has 1 saturated carbocycles. The second-order valence-electron chi connectivity index (χ2n) is 6.79. The molecule has 28 heavy (non-hydrogen) atoms. The summed E-state index contributed by atoms with van der Waals surface area (Å²) >= 11 is 3.30. The lowest BCUT2D eigenvalue weighted by molar-refractivity contribution is -0.120. The van der Waals surface area contributed by atoms with Crippen LogP contribution < -0.4 is 16.2 Å². The first-order valence-corrected chi connectivity index (χ1v) is 10.1. The molecule has 2 aromatic rings. The fourth-order valence-electron chi connectivity index (χ4n) is 3.21. The van der Waals surface area contributed by atoms with Gasteiger partial charge in [0.15, 0.2) is 0 Å². The summed E-state index contributed by atoms with van der Waals surface area (Å²) in [6.07, 6.45) is 5.27. The molecule has 0 radical (unpaired) electrons. The van der Waals surface area contributed by atoms with Crippen molar-refractivity contribution in [2.45, 2.75) is 32.1 Å². The van der Waals surface area contributed by atoms with E-state index in [4.69, 9.17) is 0 Å². The normalized spacial score (nSPS) is 14.2. The maximum atomic E-state index is 12.3. The molecule has 1 aliphatic carbocycles. The van der Waals surface area contributed by atoms with Crippen molar-refractivity contribution in [3.63, 3.8) is 0 Å². The Labute approximate surface area is 172 Å². The molecular weight excluding hydrogens is 422 g/mol. The van der Waals surface area contributed by atoms with Crippen LogP contribution in [-0.2, 0) is 4.79 Å². The number of amides is 3. The first-order valence-electron chi connectivity index (χ1n) is 9.31. The van der Waals surface area contributed by atoms with Crippen LogP contribution in [-0.4, -0.2) is 17.7 Å². The molecule has 0 aliphatic heterocycles. The summed E-state index contributed by atoms with van der Waals surface area (Å²) in [7, 11) is 0. The van der Waals surface area contributed by atoms with E-state index < -0.39 is 11.8 Å². The smallest absolute Gasteiger partial charge is 0.270 e. The second-order valence-corrected chi connectivity index (χ2v) is 7.64. The second kappa shape index (κ2) is 9.50. The minimum Gasteiger partial charge on any atom is -0.326 e. The first-order chi connectivity index (χ1) is 13.5. The highest BCUT2D eigenvalue weighted by atomic mass is 79.9. The highest BCUT2D eigenvalue weighted by molar-refractivity contribution is 9.10. The van der Waals surface area contributed by atoms with Crippen molar-refractivity contribution < 1.29 is 14.4 Å². The summed E-state index contributed by atoms with van der Waals surface area (Å²) in [5.41, 5.74) is 6.23. The van der Waals surface area contributed by atoms with Crippen LogP contribution in [0.3, 0.4) is 0 Å². The third kappa shape index (κ3) is 5.19. The molecule has 0 unspecified atom stereocenters. The number of anilines is 1. The number of hydrogen-bond donors (Lipinski definition) is 3. The predicted molar refractivity (Wildman–Crippen MR) is 111 cm³/mol. The molecular formula is C21H22BrN3O3. The molecule has 2 aromatic carbocycles. The Hall–Kier alpha value is -2.67. The van der Waals surface area contributed by atoms with Crippen LogP contribution >= 0.6 is 15.9 Å². The standard InChI is InChI=1S/C21H22BrN3O3/c22-18-9-5-4-8-17(18)21(28)25-24-20(27)15-10-12-16(13-11-15)23-19(26)14-6-2-1-3-7-14/h4-5,8-14H,1-3,6-7H2,(H,23,26)(H,24,27)(H,25,28). The van der Waals surface area contributed by atoms with E-state index in [-0.39, 0.29) is 11.8 Å². The molecule has 0 aromatic heterocycles. The lowest BCUT2D eigenvalue weighted by atomic mass is 9.88. The lowest BCUT2D eigenvalue weighted by Gasteiger charge is -2.20. The molecule has 0 saturated heterocycles. The number of carbonyl (C=O) groups excluding carboxylic acids is 3. The third-order valence-corrected chi connectivity index (χ3v) is 5.49. The van der Waals surface area contributed by atoms with Crippen molar-refractivity contribution in [2.75, 3.05) is 5.32 Å². The van der Waals surface area contributed by atoms with Gasteiger partial charge in [0.1, 0.15) is 0 Å². The van der Waals surface area contributed by atoms with Crippen LogP contribution in [0.2, 0.25) is 0 Å². The molecule has 6 nitrogen and oxygen atoms in total. The summed E-state index contributed by atoms with van der Waals surface area (Å²) in [6, 6.07) is 13.5. The number of carbonyl (C=O) groups is 3. The summed E-state index contributed by atoms with van der Waals surface area (Å²) in [5, 5.41) is 2.91. The van der Waals surface area contributed by atoms with Gasteiger partial charge in [-0.05, 0) is 65.2 Å². The molecule has 0 bridgehead atoms. The molecule has 1 fully saturated rings. The zero-order valence-electron chi connectivity index (χ0n) is 15.3. The third-order valence-electron chi connectivity index (χ3n) is 4.80. The lowest BCUT2D eigenvalue weighted by Crippen LogP contribution is -2.41. The van der Waals surface area contributed by atoms with Crippen molar-refractivity contribution in [3.05, 3.63) is 64.1 Å². The zero-order chi connectivity index (χ0) is 19.9. The van der Waals surface area contributed by atoms with Gasteiger partial charge in [0.05, 0.1) is 5.56 Å². The Kier molecular flexibility index (Phi) is 6.81.